The van der Waals surface area contributed by atoms with E-state index in [4.69, 9.17) is 11.5 Å². The summed E-state index contributed by atoms with van der Waals surface area (Å²) in [5.74, 6) is -2.69. The summed E-state index contributed by atoms with van der Waals surface area (Å²) in [5, 5.41) is 0. The van der Waals surface area contributed by atoms with Crippen molar-refractivity contribution in [2.75, 3.05) is 0 Å². The highest BCUT2D eigenvalue weighted by Crippen LogP contribution is 2.31. The van der Waals surface area contributed by atoms with Crippen LogP contribution in [0, 0.1) is 0 Å². The van der Waals surface area contributed by atoms with E-state index >= 15 is 0 Å². The highest BCUT2D eigenvalue weighted by molar-refractivity contribution is 6.32. The van der Waals surface area contributed by atoms with Gasteiger partial charge in [0.05, 0.1) is 11.1 Å². The minimum absolute atomic E-state index is 0.0548. The number of primary amides is 2. The predicted octanol–water partition coefficient (Wildman–Crippen LogP) is 0.660. The van der Waals surface area contributed by atoms with Crippen molar-refractivity contribution in [2.45, 2.75) is 0 Å². The van der Waals surface area contributed by atoms with Crippen LogP contribution in [0.1, 0.15) is 52.6 Å². The Morgan fingerprint density at radius 1 is 0.682 bits per heavy atom. The minimum Gasteiger partial charge on any atom is -0.366 e. The Bertz CT molecular complexity index is 814. The molecule has 0 saturated carbocycles. The second-order valence-electron chi connectivity index (χ2n) is 4.84. The van der Waals surface area contributed by atoms with Crippen LogP contribution in [0.3, 0.4) is 0 Å². The van der Waals surface area contributed by atoms with Crippen molar-refractivity contribution in [1.29, 1.82) is 0 Å². The fraction of sp³-hybridized carbons (Fsp3) is 0. The summed E-state index contributed by atoms with van der Waals surface area (Å²) in [6.07, 6.45) is 0. The van der Waals surface area contributed by atoms with Gasteiger partial charge >= 0.3 is 0 Å². The van der Waals surface area contributed by atoms with Crippen LogP contribution in [0.2, 0.25) is 0 Å². The average Bonchev–Trinajstić information content (AvgIpc) is 2.51. The van der Waals surface area contributed by atoms with Gasteiger partial charge in [-0.1, -0.05) is 24.3 Å². The maximum Gasteiger partial charge on any atom is 0.249 e. The van der Waals surface area contributed by atoms with Crippen LogP contribution in [0.25, 0.3) is 0 Å². The van der Waals surface area contributed by atoms with E-state index in [1.165, 1.54) is 36.4 Å². The summed E-state index contributed by atoms with van der Waals surface area (Å²) in [6.45, 7) is 0. The smallest absolute Gasteiger partial charge is 0.249 e. The van der Waals surface area contributed by atoms with Crippen molar-refractivity contribution in [3.63, 3.8) is 0 Å². The van der Waals surface area contributed by atoms with Gasteiger partial charge < -0.3 is 11.5 Å². The monoisotopic (exact) mass is 294 g/mol. The van der Waals surface area contributed by atoms with Crippen molar-refractivity contribution in [1.82, 2.24) is 0 Å². The van der Waals surface area contributed by atoms with E-state index in [1.54, 1.807) is 0 Å². The number of amides is 2. The second kappa shape index (κ2) is 4.63. The number of nitrogens with two attached hydrogens (primary N) is 2. The molecule has 1 aliphatic rings. The van der Waals surface area contributed by atoms with Crippen molar-refractivity contribution in [3.8, 4) is 0 Å². The van der Waals surface area contributed by atoms with Gasteiger partial charge in [-0.2, -0.15) is 0 Å². The fourth-order valence-corrected chi connectivity index (χ4v) is 2.65. The van der Waals surface area contributed by atoms with E-state index in [0.29, 0.717) is 0 Å². The molecule has 0 atom stereocenters. The van der Waals surface area contributed by atoms with Crippen LogP contribution < -0.4 is 11.5 Å². The van der Waals surface area contributed by atoms with Crippen LogP contribution in [0.15, 0.2) is 36.4 Å². The third-order valence-electron chi connectivity index (χ3n) is 3.60. The molecule has 0 aliphatic heterocycles. The number of fused-ring (bicyclic) bond motifs is 2. The molecule has 108 valence electrons. The summed E-state index contributed by atoms with van der Waals surface area (Å²) >= 11 is 0. The molecule has 0 bridgehead atoms. The molecule has 1 aliphatic carbocycles. The van der Waals surface area contributed by atoms with E-state index in [0.717, 1.165) is 0 Å². The highest BCUT2D eigenvalue weighted by Gasteiger charge is 2.35. The molecule has 0 spiro atoms. The van der Waals surface area contributed by atoms with E-state index in [1.807, 2.05) is 0 Å². The van der Waals surface area contributed by atoms with E-state index in [9.17, 15) is 19.2 Å². The molecule has 4 N–H and O–H groups in total. The lowest BCUT2D eigenvalue weighted by molar-refractivity contribution is 0.0956. The van der Waals surface area contributed by atoms with Gasteiger partial charge in [-0.25, -0.2) is 0 Å². The van der Waals surface area contributed by atoms with Gasteiger partial charge in [-0.3, -0.25) is 19.2 Å². The molecular formula is C16H10N2O4. The standard InChI is InChI=1S/C16H10N2O4/c17-15(21)9-5-1-3-7-11(9)14(20)12-8(13(7)19)4-2-6-10(12)16(18)22/h1-6H,(H2,17,21)(H2,18,22). The van der Waals surface area contributed by atoms with Gasteiger partial charge in [0.2, 0.25) is 11.8 Å². The molecule has 6 heteroatoms. The van der Waals surface area contributed by atoms with Crippen LogP contribution in [-0.2, 0) is 0 Å². The summed E-state index contributed by atoms with van der Waals surface area (Å²) < 4.78 is 0. The topological polar surface area (TPSA) is 120 Å². The van der Waals surface area contributed by atoms with Crippen LogP contribution in [0.4, 0.5) is 0 Å². The normalized spacial score (nSPS) is 12.5. The number of rotatable bonds is 2. The van der Waals surface area contributed by atoms with Crippen LogP contribution in [0.5, 0.6) is 0 Å². The minimum atomic E-state index is -0.821. The first-order chi connectivity index (χ1) is 10.4. The molecule has 0 fully saturated rings. The largest absolute Gasteiger partial charge is 0.366 e. The van der Waals surface area contributed by atoms with Crippen LogP contribution in [-0.4, -0.2) is 23.4 Å². The van der Waals surface area contributed by atoms with Gasteiger partial charge in [-0.05, 0) is 12.1 Å². The first kappa shape index (κ1) is 13.7. The van der Waals surface area contributed by atoms with Crippen LogP contribution >= 0.6 is 0 Å². The van der Waals surface area contributed by atoms with E-state index in [2.05, 4.69) is 0 Å². The second-order valence-corrected chi connectivity index (χ2v) is 4.84. The molecule has 2 amide bonds. The number of benzene rings is 2. The highest BCUT2D eigenvalue weighted by atomic mass is 16.2. The van der Waals surface area contributed by atoms with Crippen molar-refractivity contribution in [3.05, 3.63) is 69.8 Å². The maximum absolute atomic E-state index is 12.7. The average molecular weight is 294 g/mol. The molecule has 0 radical (unpaired) electrons. The van der Waals surface area contributed by atoms with Gasteiger partial charge in [0.25, 0.3) is 0 Å². The summed E-state index contributed by atoms with van der Waals surface area (Å²) in [4.78, 5) is 48.3. The fourth-order valence-electron chi connectivity index (χ4n) is 2.65. The van der Waals surface area contributed by atoms with E-state index in [-0.39, 0.29) is 33.4 Å². The Morgan fingerprint density at radius 2 is 1.09 bits per heavy atom. The van der Waals surface area contributed by atoms with Gasteiger partial charge in [-0.15, -0.1) is 0 Å². The number of carbonyl (C=O) groups is 4. The summed E-state index contributed by atoms with van der Waals surface area (Å²) in [7, 11) is 0. The lowest BCUT2D eigenvalue weighted by Gasteiger charge is -2.20. The molecular weight excluding hydrogens is 284 g/mol. The Balaban J connectivity index is 2.39. The molecule has 22 heavy (non-hydrogen) atoms. The van der Waals surface area contributed by atoms with Gasteiger partial charge in [0.15, 0.2) is 11.6 Å². The number of ketones is 2. The lowest BCUT2D eigenvalue weighted by Crippen LogP contribution is -2.28. The molecule has 6 nitrogen and oxygen atoms in total. The maximum atomic E-state index is 12.7. The summed E-state index contributed by atoms with van der Waals surface area (Å²) in [5.41, 5.74) is 10.5. The molecule has 0 saturated heterocycles. The third-order valence-corrected chi connectivity index (χ3v) is 3.60. The first-order valence-electron chi connectivity index (χ1n) is 6.38. The number of carbonyl (C=O) groups excluding carboxylic acids is 4. The third kappa shape index (κ3) is 1.74. The number of hydrogen-bond acceptors (Lipinski definition) is 4. The van der Waals surface area contributed by atoms with Crippen molar-refractivity contribution >= 4 is 23.4 Å². The van der Waals surface area contributed by atoms with Crippen molar-refractivity contribution in [2.24, 2.45) is 11.5 Å². The quantitative estimate of drug-likeness (QED) is 0.721. The number of hydrogen-bond donors (Lipinski definition) is 2. The summed E-state index contributed by atoms with van der Waals surface area (Å²) in [6, 6.07) is 8.58. The molecule has 3 rings (SSSR count). The molecule has 0 aromatic heterocycles. The van der Waals surface area contributed by atoms with E-state index < -0.39 is 23.4 Å². The zero-order valence-corrected chi connectivity index (χ0v) is 11.3. The Morgan fingerprint density at radius 3 is 1.45 bits per heavy atom. The Labute approximate surface area is 124 Å². The molecule has 0 unspecified atom stereocenters. The Hall–Kier alpha value is -3.28. The molecule has 2 aromatic rings. The zero-order valence-electron chi connectivity index (χ0n) is 11.3. The van der Waals surface area contributed by atoms with Gasteiger partial charge in [0.1, 0.15) is 0 Å². The molecule has 2 aromatic carbocycles. The van der Waals surface area contributed by atoms with Gasteiger partial charge in [0, 0.05) is 22.3 Å². The first-order valence-corrected chi connectivity index (χ1v) is 6.38. The zero-order chi connectivity index (χ0) is 16.0. The lowest BCUT2D eigenvalue weighted by atomic mass is 9.79. The molecule has 0 heterocycles. The van der Waals surface area contributed by atoms with Crippen molar-refractivity contribution < 1.29 is 19.2 Å². The SMILES string of the molecule is NC(=O)c1cccc2c1C(=O)c1c(C(N)=O)cccc1C2=O. The predicted molar refractivity (Wildman–Crippen MR) is 76.8 cm³/mol. The Kier molecular flexibility index (Phi) is 2.88.